The van der Waals surface area contributed by atoms with Crippen LogP contribution in [0.1, 0.15) is 52.4 Å². The van der Waals surface area contributed by atoms with Gasteiger partial charge in [-0.3, -0.25) is 0 Å². The molecule has 0 aliphatic heterocycles. The van der Waals surface area contributed by atoms with E-state index in [0.29, 0.717) is 26.2 Å². The lowest BCUT2D eigenvalue weighted by Crippen LogP contribution is -2.75. The summed E-state index contributed by atoms with van der Waals surface area (Å²) in [4.78, 5) is 0. The highest BCUT2D eigenvalue weighted by Crippen LogP contribution is 2.65. The summed E-state index contributed by atoms with van der Waals surface area (Å²) < 4.78 is 227. The summed E-state index contributed by atoms with van der Waals surface area (Å²) in [6, 6.07) is 0. The Labute approximate surface area is 207 Å². The second-order valence-electron chi connectivity index (χ2n) is 7.95. The molecule has 36 heavy (non-hydrogen) atoms. The molecule has 0 heterocycles. The van der Waals surface area contributed by atoms with Crippen LogP contribution < -0.4 is 0 Å². The molecule has 0 amide bonds. The van der Waals surface area contributed by atoms with Gasteiger partial charge in [0.2, 0.25) is 0 Å². The third-order valence-electron chi connectivity index (χ3n) is 5.42. The number of hydrogen-bond acceptors (Lipinski definition) is 0. The molecule has 2 atom stereocenters. The molecule has 0 aromatic rings. The van der Waals surface area contributed by atoms with E-state index in [-0.39, 0.29) is 12.8 Å². The number of alkyl halides is 18. The fourth-order valence-corrected chi connectivity index (χ4v) is 4.52. The summed E-state index contributed by atoms with van der Waals surface area (Å²) in [7, 11) is 0. The van der Waals surface area contributed by atoms with Gasteiger partial charge in [-0.15, -0.1) is 0 Å². The summed E-state index contributed by atoms with van der Waals surface area (Å²) in [5.41, 5.74) is 0. The van der Waals surface area contributed by atoms with Crippen molar-refractivity contribution >= 4 is 22.6 Å². The molecule has 0 nitrogen and oxygen atoms in total. The molecule has 0 aliphatic rings. The minimum atomic E-state index is -8.59. The van der Waals surface area contributed by atoms with Crippen LogP contribution in [0.15, 0.2) is 0 Å². The van der Waals surface area contributed by atoms with Crippen molar-refractivity contribution in [2.45, 2.75) is 104 Å². The lowest BCUT2D eigenvalue weighted by atomic mass is 9.82. The largest absolute Gasteiger partial charge is 0.460 e. The zero-order chi connectivity index (χ0) is 29.4. The molecule has 0 radical (unpaired) electrons. The normalized spacial score (nSPS) is 17.3. The molecule has 0 N–H and O–H groups in total. The van der Waals surface area contributed by atoms with E-state index in [1.807, 2.05) is 0 Å². The highest BCUT2D eigenvalue weighted by Gasteiger charge is 2.95. The first-order valence-electron chi connectivity index (χ1n) is 10.0. The number of hydrogen-bond donors (Lipinski definition) is 0. The molecule has 0 fully saturated rings. The third kappa shape index (κ3) is 5.47. The molecule has 218 valence electrons. The first-order valence-corrected chi connectivity index (χ1v) is 11.3. The Morgan fingerprint density at radius 3 is 1.19 bits per heavy atom. The van der Waals surface area contributed by atoms with Crippen LogP contribution in [0.25, 0.3) is 0 Å². The van der Waals surface area contributed by atoms with Crippen molar-refractivity contribution in [3.8, 4) is 0 Å². The van der Waals surface area contributed by atoms with Crippen LogP contribution in [0.5, 0.6) is 0 Å². The van der Waals surface area contributed by atoms with Gasteiger partial charge in [0, 0.05) is 9.84 Å². The molecule has 2 unspecified atom stereocenters. The summed E-state index contributed by atoms with van der Waals surface area (Å²) in [6.07, 6.45) is -7.73. The van der Waals surface area contributed by atoms with Crippen molar-refractivity contribution in [2.75, 3.05) is 0 Å². The minimum Gasteiger partial charge on any atom is -0.199 e. The molecule has 0 aromatic carbocycles. The van der Waals surface area contributed by atoms with E-state index in [4.69, 9.17) is 0 Å². The zero-order valence-corrected chi connectivity index (χ0v) is 20.4. The van der Waals surface area contributed by atoms with Gasteiger partial charge in [-0.25, -0.2) is 0 Å². The molecule has 0 spiro atoms. The van der Waals surface area contributed by atoms with E-state index >= 15 is 0 Å². The molecule has 0 aromatic heterocycles. The molecular formula is C18H20F17I. The fourth-order valence-electron chi connectivity index (χ4n) is 3.12. The second kappa shape index (κ2) is 11.0. The molecule has 0 aliphatic carbocycles. The van der Waals surface area contributed by atoms with Gasteiger partial charge in [0.1, 0.15) is 0 Å². The van der Waals surface area contributed by atoms with Crippen molar-refractivity contribution in [1.29, 1.82) is 0 Å². The number of rotatable bonds is 14. The Balaban J connectivity index is 6.57. The van der Waals surface area contributed by atoms with Crippen molar-refractivity contribution in [3.05, 3.63) is 0 Å². The minimum absolute atomic E-state index is 0.0585. The van der Waals surface area contributed by atoms with Crippen LogP contribution in [0.4, 0.5) is 74.6 Å². The van der Waals surface area contributed by atoms with Gasteiger partial charge in [0.05, 0.1) is 0 Å². The topological polar surface area (TPSA) is 0 Å². The predicted octanol–water partition coefficient (Wildman–Crippen LogP) is 9.80. The van der Waals surface area contributed by atoms with Crippen LogP contribution in [0.3, 0.4) is 0 Å². The summed E-state index contributed by atoms with van der Waals surface area (Å²) in [6.45, 7) is 2.42. The Bertz CT molecular complexity index is 713. The zero-order valence-electron chi connectivity index (χ0n) is 18.2. The monoisotopic (exact) mass is 686 g/mol. The summed E-state index contributed by atoms with van der Waals surface area (Å²) >= 11 is 1.08. The third-order valence-corrected chi connectivity index (χ3v) is 6.91. The predicted molar refractivity (Wildman–Crippen MR) is 101 cm³/mol. The highest BCUT2D eigenvalue weighted by molar-refractivity contribution is 14.1. The smallest absolute Gasteiger partial charge is 0.199 e. The van der Waals surface area contributed by atoms with Crippen LogP contribution in [-0.4, -0.2) is 51.6 Å². The first-order chi connectivity index (χ1) is 15.7. The van der Waals surface area contributed by atoms with Gasteiger partial charge in [-0.2, -0.15) is 74.6 Å². The lowest BCUT2D eigenvalue weighted by Gasteiger charge is -2.44. The summed E-state index contributed by atoms with van der Waals surface area (Å²) in [5, 5.41) is 0. The van der Waals surface area contributed by atoms with Gasteiger partial charge < -0.3 is 0 Å². The van der Waals surface area contributed by atoms with Crippen LogP contribution in [-0.2, 0) is 0 Å². The maximum absolute atomic E-state index is 14.5. The molecule has 0 saturated carbocycles. The van der Waals surface area contributed by atoms with E-state index < -0.39 is 63.9 Å². The van der Waals surface area contributed by atoms with Gasteiger partial charge in [-0.05, 0) is 12.8 Å². The Morgan fingerprint density at radius 1 is 0.500 bits per heavy atom. The van der Waals surface area contributed by atoms with Crippen molar-refractivity contribution in [3.63, 3.8) is 0 Å². The SMILES string of the molecule is CCCCCCC(I)C(CC)C(F)(F)C(F)(F)C(F)(F)C(F)(F)C(F)(F)C(F)(F)C(F)(F)C(F)(F)F. The van der Waals surface area contributed by atoms with Gasteiger partial charge in [0.25, 0.3) is 0 Å². The first kappa shape index (κ1) is 35.5. The average Bonchev–Trinajstić information content (AvgIpc) is 2.69. The average molecular weight is 686 g/mol. The van der Waals surface area contributed by atoms with Gasteiger partial charge in [0.15, 0.2) is 0 Å². The van der Waals surface area contributed by atoms with E-state index in [9.17, 15) is 74.6 Å². The molecule has 18 heteroatoms. The van der Waals surface area contributed by atoms with Crippen molar-refractivity contribution in [2.24, 2.45) is 5.92 Å². The van der Waals surface area contributed by atoms with Crippen molar-refractivity contribution < 1.29 is 74.6 Å². The maximum atomic E-state index is 14.5. The Kier molecular flexibility index (Phi) is 10.8. The lowest BCUT2D eigenvalue weighted by molar-refractivity contribution is -0.463. The highest BCUT2D eigenvalue weighted by atomic mass is 127. The number of unbranched alkanes of at least 4 members (excludes halogenated alkanes) is 3. The van der Waals surface area contributed by atoms with E-state index in [1.54, 1.807) is 6.92 Å². The van der Waals surface area contributed by atoms with Crippen molar-refractivity contribution in [1.82, 2.24) is 0 Å². The fraction of sp³-hybridized carbons (Fsp3) is 1.00. The molecular weight excluding hydrogens is 666 g/mol. The quantitative estimate of drug-likeness (QED) is 0.0739. The van der Waals surface area contributed by atoms with Gasteiger partial charge >= 0.3 is 47.6 Å². The second-order valence-corrected chi connectivity index (χ2v) is 9.55. The summed E-state index contributed by atoms with van der Waals surface area (Å²) in [5.74, 6) is -58.8. The molecule has 0 rings (SSSR count). The Hall–Kier alpha value is -0.460. The molecule has 0 bridgehead atoms. The van der Waals surface area contributed by atoms with E-state index in [0.717, 1.165) is 22.6 Å². The van der Waals surface area contributed by atoms with E-state index in [2.05, 4.69) is 0 Å². The standard InChI is InChI=1S/C18H20F17I/c1-3-5-6-7-8-10(36)9(4-2)11(19,20)12(21,22)13(23,24)14(25,26)15(27,28)16(29,30)17(31,32)18(33,34)35/h9-10H,3-8H2,1-2H3. The number of halogens is 18. The van der Waals surface area contributed by atoms with Crippen LogP contribution in [0, 0.1) is 5.92 Å². The Morgan fingerprint density at radius 2 is 0.861 bits per heavy atom. The van der Waals surface area contributed by atoms with Gasteiger partial charge in [-0.1, -0.05) is 62.1 Å². The van der Waals surface area contributed by atoms with Crippen LogP contribution >= 0.6 is 22.6 Å². The van der Waals surface area contributed by atoms with E-state index in [1.165, 1.54) is 0 Å². The maximum Gasteiger partial charge on any atom is 0.460 e. The molecule has 0 saturated heterocycles. The van der Waals surface area contributed by atoms with Crippen LogP contribution in [0.2, 0.25) is 0 Å².